The minimum atomic E-state index is 0.796. The number of benzene rings is 1. The number of nitrogens with one attached hydrogen (secondary N) is 1. The van der Waals surface area contributed by atoms with Gasteiger partial charge in [0.15, 0.2) is 0 Å². The van der Waals surface area contributed by atoms with Gasteiger partial charge in [-0.25, -0.2) is 0 Å². The summed E-state index contributed by atoms with van der Waals surface area (Å²) in [5.74, 6) is 0. The van der Waals surface area contributed by atoms with E-state index in [9.17, 15) is 0 Å². The largest absolute Gasteiger partial charge is 0.399 e. The maximum absolute atomic E-state index is 5.63. The van der Waals surface area contributed by atoms with Crippen LogP contribution in [0.1, 0.15) is 13.3 Å². The predicted molar refractivity (Wildman–Crippen MR) is 58.8 cm³/mol. The third-order valence-corrected chi connectivity index (χ3v) is 1.71. The van der Waals surface area contributed by atoms with E-state index >= 15 is 0 Å². The predicted octanol–water partition coefficient (Wildman–Crippen LogP) is 2.65. The SMILES string of the molecule is CC/C=C/CNc1cccc(N)c1. The van der Waals surface area contributed by atoms with E-state index in [2.05, 4.69) is 24.4 Å². The molecule has 0 fully saturated rings. The standard InChI is InChI=1S/C11H16N2/c1-2-3-4-8-13-11-7-5-6-10(12)9-11/h3-7,9,13H,2,8,12H2,1H3/b4-3+. The van der Waals surface area contributed by atoms with Crippen molar-refractivity contribution >= 4 is 11.4 Å². The van der Waals surface area contributed by atoms with Crippen molar-refractivity contribution in [3.63, 3.8) is 0 Å². The lowest BCUT2D eigenvalue weighted by Gasteiger charge is -2.03. The first kappa shape index (κ1) is 9.65. The van der Waals surface area contributed by atoms with Crippen LogP contribution >= 0.6 is 0 Å². The highest BCUT2D eigenvalue weighted by Gasteiger charge is 1.88. The van der Waals surface area contributed by atoms with Crippen LogP contribution in [0.2, 0.25) is 0 Å². The zero-order valence-corrected chi connectivity index (χ0v) is 7.96. The molecule has 1 aromatic carbocycles. The van der Waals surface area contributed by atoms with Gasteiger partial charge in [-0.3, -0.25) is 0 Å². The molecule has 0 aliphatic carbocycles. The summed E-state index contributed by atoms with van der Waals surface area (Å²) in [4.78, 5) is 0. The van der Waals surface area contributed by atoms with Crippen molar-refractivity contribution in [2.45, 2.75) is 13.3 Å². The Morgan fingerprint density at radius 3 is 2.92 bits per heavy atom. The van der Waals surface area contributed by atoms with Crippen LogP contribution in [0.4, 0.5) is 11.4 Å². The van der Waals surface area contributed by atoms with Gasteiger partial charge in [0.05, 0.1) is 0 Å². The number of nitrogen functional groups attached to an aromatic ring is 1. The number of anilines is 2. The smallest absolute Gasteiger partial charge is 0.0363 e. The molecule has 2 heteroatoms. The Kier molecular flexibility index (Phi) is 3.89. The number of hydrogen-bond acceptors (Lipinski definition) is 2. The molecule has 13 heavy (non-hydrogen) atoms. The van der Waals surface area contributed by atoms with E-state index < -0.39 is 0 Å². The second-order valence-electron chi connectivity index (χ2n) is 2.89. The zero-order valence-electron chi connectivity index (χ0n) is 7.96. The van der Waals surface area contributed by atoms with Gasteiger partial charge in [-0.05, 0) is 24.6 Å². The molecule has 0 unspecified atom stereocenters. The average Bonchev–Trinajstić information content (AvgIpc) is 2.13. The van der Waals surface area contributed by atoms with Gasteiger partial charge < -0.3 is 11.1 Å². The molecule has 0 aromatic heterocycles. The Morgan fingerprint density at radius 2 is 2.23 bits per heavy atom. The third-order valence-electron chi connectivity index (χ3n) is 1.71. The van der Waals surface area contributed by atoms with Gasteiger partial charge in [-0.2, -0.15) is 0 Å². The summed E-state index contributed by atoms with van der Waals surface area (Å²) < 4.78 is 0. The molecular formula is C11H16N2. The first-order valence-electron chi connectivity index (χ1n) is 4.57. The van der Waals surface area contributed by atoms with Crippen molar-refractivity contribution in [2.24, 2.45) is 0 Å². The second kappa shape index (κ2) is 5.25. The fourth-order valence-electron chi connectivity index (χ4n) is 1.08. The van der Waals surface area contributed by atoms with E-state index in [1.807, 2.05) is 24.3 Å². The maximum Gasteiger partial charge on any atom is 0.0363 e. The van der Waals surface area contributed by atoms with Crippen LogP contribution in [0, 0.1) is 0 Å². The molecule has 1 aromatic rings. The fraction of sp³-hybridized carbons (Fsp3) is 0.273. The molecule has 0 bridgehead atoms. The third kappa shape index (κ3) is 3.65. The first-order chi connectivity index (χ1) is 6.33. The van der Waals surface area contributed by atoms with Crippen molar-refractivity contribution in [1.82, 2.24) is 0 Å². The minimum absolute atomic E-state index is 0.796. The van der Waals surface area contributed by atoms with E-state index in [1.54, 1.807) is 0 Å². The van der Waals surface area contributed by atoms with Crippen molar-refractivity contribution in [3.05, 3.63) is 36.4 Å². The fourth-order valence-corrected chi connectivity index (χ4v) is 1.08. The topological polar surface area (TPSA) is 38.0 Å². The van der Waals surface area contributed by atoms with E-state index in [0.717, 1.165) is 24.3 Å². The Morgan fingerprint density at radius 1 is 1.38 bits per heavy atom. The van der Waals surface area contributed by atoms with Crippen LogP contribution in [-0.4, -0.2) is 6.54 Å². The Balaban J connectivity index is 2.41. The summed E-state index contributed by atoms with van der Waals surface area (Å²) in [5.41, 5.74) is 7.50. The monoisotopic (exact) mass is 176 g/mol. The van der Waals surface area contributed by atoms with E-state index in [0.29, 0.717) is 0 Å². The van der Waals surface area contributed by atoms with Crippen molar-refractivity contribution in [2.75, 3.05) is 17.6 Å². The summed E-state index contributed by atoms with van der Waals surface area (Å²) in [6, 6.07) is 7.77. The average molecular weight is 176 g/mol. The maximum atomic E-state index is 5.63. The summed E-state index contributed by atoms with van der Waals surface area (Å²) >= 11 is 0. The first-order valence-corrected chi connectivity index (χ1v) is 4.57. The molecule has 3 N–H and O–H groups in total. The summed E-state index contributed by atoms with van der Waals surface area (Å²) in [6.45, 7) is 2.98. The summed E-state index contributed by atoms with van der Waals surface area (Å²) in [5, 5.41) is 3.25. The number of hydrogen-bond donors (Lipinski definition) is 2. The van der Waals surface area contributed by atoms with Gasteiger partial charge in [-0.1, -0.05) is 25.1 Å². The van der Waals surface area contributed by atoms with E-state index in [4.69, 9.17) is 5.73 Å². The zero-order chi connectivity index (χ0) is 9.52. The van der Waals surface area contributed by atoms with Crippen molar-refractivity contribution in [3.8, 4) is 0 Å². The lowest BCUT2D eigenvalue weighted by Crippen LogP contribution is -1.98. The van der Waals surface area contributed by atoms with E-state index in [-0.39, 0.29) is 0 Å². The van der Waals surface area contributed by atoms with Crippen molar-refractivity contribution < 1.29 is 0 Å². The minimum Gasteiger partial charge on any atom is -0.399 e. The molecule has 70 valence electrons. The molecule has 0 heterocycles. The van der Waals surface area contributed by atoms with Gasteiger partial charge >= 0.3 is 0 Å². The highest BCUT2D eigenvalue weighted by atomic mass is 14.9. The van der Waals surface area contributed by atoms with Crippen LogP contribution in [0.15, 0.2) is 36.4 Å². The lowest BCUT2D eigenvalue weighted by atomic mass is 10.3. The molecule has 0 aliphatic heterocycles. The second-order valence-corrected chi connectivity index (χ2v) is 2.89. The lowest BCUT2D eigenvalue weighted by molar-refractivity contribution is 1.20. The molecule has 0 aliphatic rings. The van der Waals surface area contributed by atoms with E-state index in [1.165, 1.54) is 0 Å². The Bertz CT molecular complexity index is 279. The van der Waals surface area contributed by atoms with Crippen LogP contribution in [0.3, 0.4) is 0 Å². The normalized spacial score (nSPS) is 10.5. The molecular weight excluding hydrogens is 160 g/mol. The molecule has 2 nitrogen and oxygen atoms in total. The highest BCUT2D eigenvalue weighted by molar-refractivity contribution is 5.54. The summed E-state index contributed by atoms with van der Waals surface area (Å²) in [6.07, 6.45) is 5.33. The highest BCUT2D eigenvalue weighted by Crippen LogP contribution is 2.10. The molecule has 0 radical (unpaired) electrons. The Labute approximate surface area is 79.5 Å². The number of allylic oxidation sites excluding steroid dienone is 1. The van der Waals surface area contributed by atoms with Gasteiger partial charge in [0.2, 0.25) is 0 Å². The molecule has 1 rings (SSSR count). The van der Waals surface area contributed by atoms with Gasteiger partial charge in [0, 0.05) is 17.9 Å². The van der Waals surface area contributed by atoms with Crippen LogP contribution in [0.5, 0.6) is 0 Å². The molecule has 0 amide bonds. The van der Waals surface area contributed by atoms with Gasteiger partial charge in [0.1, 0.15) is 0 Å². The molecule has 0 saturated heterocycles. The van der Waals surface area contributed by atoms with Gasteiger partial charge in [-0.15, -0.1) is 0 Å². The van der Waals surface area contributed by atoms with Crippen molar-refractivity contribution in [1.29, 1.82) is 0 Å². The molecule has 0 atom stereocenters. The summed E-state index contributed by atoms with van der Waals surface area (Å²) in [7, 11) is 0. The number of nitrogens with two attached hydrogens (primary N) is 1. The quantitative estimate of drug-likeness (QED) is 0.546. The van der Waals surface area contributed by atoms with Crippen LogP contribution in [0.25, 0.3) is 0 Å². The van der Waals surface area contributed by atoms with Crippen LogP contribution < -0.4 is 11.1 Å². The molecule has 0 spiro atoms. The van der Waals surface area contributed by atoms with Gasteiger partial charge in [0.25, 0.3) is 0 Å². The number of rotatable bonds is 4. The Hall–Kier alpha value is -1.44. The molecule has 0 saturated carbocycles. The van der Waals surface area contributed by atoms with Crippen LogP contribution in [-0.2, 0) is 0 Å².